The van der Waals surface area contributed by atoms with E-state index in [-0.39, 0.29) is 12.5 Å². The topological polar surface area (TPSA) is 62.2 Å². The van der Waals surface area contributed by atoms with E-state index in [9.17, 15) is 4.79 Å². The fraction of sp³-hybridized carbons (Fsp3) is 0.143. The summed E-state index contributed by atoms with van der Waals surface area (Å²) in [7, 11) is 0. The van der Waals surface area contributed by atoms with Gasteiger partial charge in [0.15, 0.2) is 0 Å². The number of rotatable bonds is 3. The van der Waals surface area contributed by atoms with Crippen molar-refractivity contribution in [2.24, 2.45) is 0 Å². The first-order valence-corrected chi connectivity index (χ1v) is 6.54. The summed E-state index contributed by atoms with van der Waals surface area (Å²) >= 11 is 1.52. The van der Waals surface area contributed by atoms with Gasteiger partial charge in [0.05, 0.1) is 6.54 Å². The van der Waals surface area contributed by atoms with Crippen LogP contribution in [-0.4, -0.2) is 22.6 Å². The van der Waals surface area contributed by atoms with E-state index in [0.29, 0.717) is 12.2 Å². The Morgan fingerprint density at radius 1 is 1.47 bits per heavy atom. The Labute approximate surface area is 115 Å². The van der Waals surface area contributed by atoms with Crippen LogP contribution in [0, 0.1) is 11.8 Å². The minimum Gasteiger partial charge on any atom is -0.384 e. The lowest BCUT2D eigenvalue weighted by Crippen LogP contribution is -2.23. The maximum Gasteiger partial charge on any atom is 0.270 e. The number of aliphatic hydroxyl groups excluding tert-OH is 1. The first-order chi connectivity index (χ1) is 9.29. The van der Waals surface area contributed by atoms with Gasteiger partial charge in [0, 0.05) is 22.0 Å². The highest BCUT2D eigenvalue weighted by molar-refractivity contribution is 7.10. The number of amides is 1. The normalized spacial score (nSPS) is 9.53. The average molecular weight is 272 g/mol. The van der Waals surface area contributed by atoms with E-state index < -0.39 is 0 Å². The molecule has 2 aromatic heterocycles. The fourth-order valence-corrected chi connectivity index (χ4v) is 2.19. The molecule has 0 fully saturated rings. The number of nitrogens with zero attached hydrogens (tertiary/aromatic N) is 1. The molecule has 2 aromatic rings. The highest BCUT2D eigenvalue weighted by Crippen LogP contribution is 2.13. The van der Waals surface area contributed by atoms with Crippen molar-refractivity contribution in [3.05, 3.63) is 52.0 Å². The zero-order valence-electron chi connectivity index (χ0n) is 10.1. The zero-order chi connectivity index (χ0) is 13.5. The summed E-state index contributed by atoms with van der Waals surface area (Å²) in [4.78, 5) is 16.8. The molecule has 19 heavy (non-hydrogen) atoms. The summed E-state index contributed by atoms with van der Waals surface area (Å²) in [6.07, 6.45) is 1.59. The Balaban J connectivity index is 1.92. The van der Waals surface area contributed by atoms with Crippen molar-refractivity contribution < 1.29 is 9.90 Å². The fourth-order valence-electron chi connectivity index (χ4n) is 1.44. The molecule has 0 saturated heterocycles. The van der Waals surface area contributed by atoms with Gasteiger partial charge in [-0.15, -0.1) is 11.3 Å². The molecule has 0 unspecified atom stereocenters. The molecule has 0 saturated carbocycles. The van der Waals surface area contributed by atoms with Gasteiger partial charge in [0.25, 0.3) is 5.91 Å². The summed E-state index contributed by atoms with van der Waals surface area (Å²) in [6, 6.07) is 7.10. The first-order valence-electron chi connectivity index (χ1n) is 5.66. The van der Waals surface area contributed by atoms with Crippen LogP contribution in [-0.2, 0) is 6.54 Å². The molecule has 0 aliphatic carbocycles. The van der Waals surface area contributed by atoms with Crippen LogP contribution < -0.4 is 5.32 Å². The standard InChI is InChI=1S/C14H12N2O2S/c17-7-3-4-11-8-12(19-10-11)9-16-14(18)13-5-1-2-6-15-13/h1-2,5-6,8,10,17H,7,9H2,(H,16,18). The third kappa shape index (κ3) is 3.91. The molecule has 4 nitrogen and oxygen atoms in total. The first kappa shape index (κ1) is 13.3. The van der Waals surface area contributed by atoms with Crippen LogP contribution in [0.2, 0.25) is 0 Å². The largest absolute Gasteiger partial charge is 0.384 e. The Morgan fingerprint density at radius 2 is 2.37 bits per heavy atom. The zero-order valence-corrected chi connectivity index (χ0v) is 10.9. The van der Waals surface area contributed by atoms with E-state index in [0.717, 1.165) is 10.4 Å². The summed E-state index contributed by atoms with van der Waals surface area (Å²) in [5.41, 5.74) is 1.25. The molecular weight excluding hydrogens is 260 g/mol. The Bertz CT molecular complexity index is 611. The molecule has 2 rings (SSSR count). The van der Waals surface area contributed by atoms with E-state index in [1.54, 1.807) is 24.4 Å². The lowest BCUT2D eigenvalue weighted by atomic mass is 10.3. The molecule has 1 amide bonds. The van der Waals surface area contributed by atoms with E-state index >= 15 is 0 Å². The van der Waals surface area contributed by atoms with Crippen molar-refractivity contribution in [1.82, 2.24) is 10.3 Å². The van der Waals surface area contributed by atoms with Crippen molar-refractivity contribution in [2.75, 3.05) is 6.61 Å². The smallest absolute Gasteiger partial charge is 0.270 e. The van der Waals surface area contributed by atoms with Crippen LogP contribution in [0.5, 0.6) is 0 Å². The number of hydrogen-bond donors (Lipinski definition) is 2. The third-order valence-electron chi connectivity index (χ3n) is 2.29. The van der Waals surface area contributed by atoms with E-state index in [4.69, 9.17) is 5.11 Å². The van der Waals surface area contributed by atoms with Gasteiger partial charge in [0.2, 0.25) is 0 Å². The number of pyridine rings is 1. The van der Waals surface area contributed by atoms with Gasteiger partial charge >= 0.3 is 0 Å². The van der Waals surface area contributed by atoms with Crippen LogP contribution in [0.4, 0.5) is 0 Å². The highest BCUT2D eigenvalue weighted by atomic mass is 32.1. The SMILES string of the molecule is O=C(NCc1cc(C#CCO)cs1)c1ccccn1. The third-order valence-corrected chi connectivity index (χ3v) is 3.22. The Hall–Kier alpha value is -2.16. The van der Waals surface area contributed by atoms with Gasteiger partial charge in [-0.05, 0) is 18.2 Å². The molecule has 2 heterocycles. The molecule has 0 aliphatic heterocycles. The van der Waals surface area contributed by atoms with Gasteiger partial charge in [-0.1, -0.05) is 17.9 Å². The molecule has 0 aliphatic rings. The molecule has 5 heteroatoms. The summed E-state index contributed by atoms with van der Waals surface area (Å²) < 4.78 is 0. The van der Waals surface area contributed by atoms with E-state index in [2.05, 4.69) is 22.1 Å². The lowest BCUT2D eigenvalue weighted by molar-refractivity contribution is 0.0946. The number of hydrogen-bond acceptors (Lipinski definition) is 4. The minimum atomic E-state index is -0.197. The molecule has 0 bridgehead atoms. The molecular formula is C14H12N2O2S. The number of aromatic nitrogens is 1. The van der Waals surface area contributed by atoms with Crippen LogP contribution >= 0.6 is 11.3 Å². The minimum absolute atomic E-state index is 0.151. The maximum atomic E-state index is 11.8. The summed E-state index contributed by atoms with van der Waals surface area (Å²) in [5.74, 6) is 5.21. The average Bonchev–Trinajstić information content (AvgIpc) is 2.91. The number of thiophene rings is 1. The quantitative estimate of drug-likeness (QED) is 0.831. The van der Waals surface area contributed by atoms with Crippen LogP contribution in [0.25, 0.3) is 0 Å². The predicted octanol–water partition coefficient (Wildman–Crippen LogP) is 1.42. The van der Waals surface area contributed by atoms with Crippen LogP contribution in [0.1, 0.15) is 20.9 Å². The monoisotopic (exact) mass is 272 g/mol. The Kier molecular flexibility index (Phi) is 4.67. The second-order valence-electron chi connectivity index (χ2n) is 3.66. The van der Waals surface area contributed by atoms with Crippen molar-refractivity contribution in [3.8, 4) is 11.8 Å². The Morgan fingerprint density at radius 3 is 3.11 bits per heavy atom. The second kappa shape index (κ2) is 6.69. The summed E-state index contributed by atoms with van der Waals surface area (Å²) in [5, 5.41) is 13.3. The van der Waals surface area contributed by atoms with Crippen molar-refractivity contribution in [3.63, 3.8) is 0 Å². The number of carbonyl (C=O) groups excluding carboxylic acids is 1. The predicted molar refractivity (Wildman–Crippen MR) is 73.7 cm³/mol. The van der Waals surface area contributed by atoms with Crippen LogP contribution in [0.3, 0.4) is 0 Å². The van der Waals surface area contributed by atoms with Crippen LogP contribution in [0.15, 0.2) is 35.8 Å². The van der Waals surface area contributed by atoms with Gasteiger partial charge in [0.1, 0.15) is 12.3 Å². The number of carbonyl (C=O) groups is 1. The number of nitrogens with one attached hydrogen (secondary N) is 1. The van der Waals surface area contributed by atoms with Gasteiger partial charge in [-0.2, -0.15) is 0 Å². The highest BCUT2D eigenvalue weighted by Gasteiger charge is 2.06. The molecule has 0 radical (unpaired) electrons. The van der Waals surface area contributed by atoms with E-state index in [1.807, 2.05) is 11.4 Å². The maximum absolute atomic E-state index is 11.8. The van der Waals surface area contributed by atoms with Gasteiger partial charge in [-0.25, -0.2) is 0 Å². The van der Waals surface area contributed by atoms with Crippen molar-refractivity contribution >= 4 is 17.2 Å². The molecule has 0 atom stereocenters. The summed E-state index contributed by atoms with van der Waals surface area (Å²) in [6.45, 7) is 0.294. The second-order valence-corrected chi connectivity index (χ2v) is 4.66. The molecule has 96 valence electrons. The molecule has 2 N–H and O–H groups in total. The van der Waals surface area contributed by atoms with Crippen molar-refractivity contribution in [2.45, 2.75) is 6.54 Å². The molecule has 0 spiro atoms. The van der Waals surface area contributed by atoms with Crippen molar-refractivity contribution in [1.29, 1.82) is 0 Å². The number of aliphatic hydroxyl groups is 1. The molecule has 0 aromatic carbocycles. The lowest BCUT2D eigenvalue weighted by Gasteiger charge is -2.01. The van der Waals surface area contributed by atoms with Gasteiger partial charge in [-0.3, -0.25) is 9.78 Å². The van der Waals surface area contributed by atoms with E-state index in [1.165, 1.54) is 11.3 Å². The van der Waals surface area contributed by atoms with Gasteiger partial charge < -0.3 is 10.4 Å².